The molecule has 0 aromatic carbocycles. The number of likely N-dealkylation sites (tertiary alicyclic amines) is 1. The van der Waals surface area contributed by atoms with Crippen LogP contribution in [0.5, 0.6) is 0 Å². The fourth-order valence-electron chi connectivity index (χ4n) is 4.30. The topological polar surface area (TPSA) is 46.1 Å². The van der Waals surface area contributed by atoms with Crippen LogP contribution < -0.4 is 10.6 Å². The molecule has 172 valence electrons. The Balaban J connectivity index is 0.00000320. The number of rotatable bonds is 7. The van der Waals surface area contributed by atoms with Crippen molar-refractivity contribution < 1.29 is 0 Å². The number of guanidine groups is 1. The van der Waals surface area contributed by atoms with E-state index in [-0.39, 0.29) is 24.0 Å². The lowest BCUT2D eigenvalue weighted by molar-refractivity contribution is 0.140. The Morgan fingerprint density at radius 3 is 2.67 bits per heavy atom. The van der Waals surface area contributed by atoms with E-state index in [0.29, 0.717) is 6.04 Å². The second-order valence-electron chi connectivity index (χ2n) is 8.63. The van der Waals surface area contributed by atoms with Gasteiger partial charge in [0.05, 0.1) is 6.04 Å². The van der Waals surface area contributed by atoms with Gasteiger partial charge >= 0.3 is 0 Å². The number of thiophene rings is 1. The molecule has 30 heavy (non-hydrogen) atoms. The van der Waals surface area contributed by atoms with Crippen LogP contribution in [0.25, 0.3) is 0 Å². The first kappa shape index (κ1) is 25.8. The molecule has 0 spiro atoms. The van der Waals surface area contributed by atoms with Crippen molar-refractivity contribution in [2.75, 3.05) is 73.0 Å². The molecule has 1 unspecified atom stereocenters. The molecule has 2 N–H and O–H groups in total. The van der Waals surface area contributed by atoms with Crippen molar-refractivity contribution in [2.45, 2.75) is 32.2 Å². The zero-order chi connectivity index (χ0) is 20.5. The first-order valence-electron chi connectivity index (χ1n) is 11.3. The van der Waals surface area contributed by atoms with Crippen LogP contribution in [0, 0.1) is 5.92 Å². The van der Waals surface area contributed by atoms with Crippen LogP contribution in [0.2, 0.25) is 0 Å². The minimum atomic E-state index is 0. The SMILES string of the molecule is CN=C(NCCN1CCCN(C)CC1)NCC(c1cccs1)N1CCC(C)CC1.I. The predicted molar refractivity (Wildman–Crippen MR) is 140 cm³/mol. The van der Waals surface area contributed by atoms with Gasteiger partial charge in [0.25, 0.3) is 0 Å². The molecule has 1 aromatic rings. The van der Waals surface area contributed by atoms with Crippen molar-refractivity contribution in [1.29, 1.82) is 0 Å². The Morgan fingerprint density at radius 2 is 1.97 bits per heavy atom. The maximum absolute atomic E-state index is 4.46. The van der Waals surface area contributed by atoms with E-state index in [1.165, 1.54) is 56.9 Å². The zero-order valence-corrected chi connectivity index (χ0v) is 22.1. The second-order valence-corrected chi connectivity index (χ2v) is 9.61. The first-order valence-corrected chi connectivity index (χ1v) is 12.2. The average molecular weight is 549 g/mol. The molecule has 0 aliphatic carbocycles. The molecule has 2 aliphatic rings. The molecule has 2 fully saturated rings. The maximum atomic E-state index is 4.46. The van der Waals surface area contributed by atoms with Crippen LogP contribution in [0.3, 0.4) is 0 Å². The van der Waals surface area contributed by atoms with Crippen molar-refractivity contribution in [3.8, 4) is 0 Å². The molecule has 3 heterocycles. The number of piperidine rings is 1. The molecule has 1 atom stereocenters. The van der Waals surface area contributed by atoms with Gasteiger partial charge in [0.15, 0.2) is 5.96 Å². The van der Waals surface area contributed by atoms with E-state index in [4.69, 9.17) is 0 Å². The summed E-state index contributed by atoms with van der Waals surface area (Å²) in [4.78, 5) is 13.6. The van der Waals surface area contributed by atoms with Crippen LogP contribution in [0.15, 0.2) is 22.5 Å². The number of likely N-dealkylation sites (N-methyl/N-ethyl adjacent to an activating group) is 1. The number of nitrogens with one attached hydrogen (secondary N) is 2. The highest BCUT2D eigenvalue weighted by Gasteiger charge is 2.25. The van der Waals surface area contributed by atoms with Gasteiger partial charge in [-0.1, -0.05) is 13.0 Å². The van der Waals surface area contributed by atoms with E-state index in [1.807, 2.05) is 18.4 Å². The van der Waals surface area contributed by atoms with Crippen molar-refractivity contribution in [3.05, 3.63) is 22.4 Å². The molecule has 1 aromatic heterocycles. The maximum Gasteiger partial charge on any atom is 0.191 e. The van der Waals surface area contributed by atoms with Gasteiger partial charge in [0.1, 0.15) is 0 Å². The number of hydrogen-bond acceptors (Lipinski definition) is 5. The molecule has 0 amide bonds. The highest BCUT2D eigenvalue weighted by atomic mass is 127. The van der Waals surface area contributed by atoms with Gasteiger partial charge in [0.2, 0.25) is 0 Å². The molecule has 0 radical (unpaired) electrons. The average Bonchev–Trinajstić information content (AvgIpc) is 3.18. The number of hydrogen-bond donors (Lipinski definition) is 2. The summed E-state index contributed by atoms with van der Waals surface area (Å²) < 4.78 is 0. The lowest BCUT2D eigenvalue weighted by atomic mass is 9.97. The van der Waals surface area contributed by atoms with Crippen LogP contribution in [0.4, 0.5) is 0 Å². The normalized spacial score (nSPS) is 21.6. The first-order chi connectivity index (χ1) is 14.2. The Morgan fingerprint density at radius 1 is 1.17 bits per heavy atom. The summed E-state index contributed by atoms with van der Waals surface area (Å²) in [5, 5.41) is 9.32. The van der Waals surface area contributed by atoms with Gasteiger partial charge < -0.3 is 20.4 Å². The van der Waals surface area contributed by atoms with Crippen molar-refractivity contribution in [2.24, 2.45) is 10.9 Å². The standard InChI is InChI=1S/C22H40N6S.HI/c1-19-7-12-28(13-8-19)20(21-6-4-17-29-21)18-25-22(23-2)24-9-14-27-11-5-10-26(3)15-16-27;/h4,6,17,19-20H,5,7-16,18H2,1-3H3,(H2,23,24,25);1H. The predicted octanol–water partition coefficient (Wildman–Crippen LogP) is 2.94. The molecular weight excluding hydrogens is 507 g/mol. The Hall–Kier alpha value is -0.420. The van der Waals surface area contributed by atoms with Crippen molar-refractivity contribution in [1.82, 2.24) is 25.3 Å². The van der Waals surface area contributed by atoms with Gasteiger partial charge in [0, 0.05) is 44.6 Å². The molecule has 0 saturated carbocycles. The Labute approximate surface area is 204 Å². The molecule has 2 saturated heterocycles. The van der Waals surface area contributed by atoms with E-state index < -0.39 is 0 Å². The van der Waals surface area contributed by atoms with Gasteiger partial charge in [-0.3, -0.25) is 9.89 Å². The summed E-state index contributed by atoms with van der Waals surface area (Å²) in [5.41, 5.74) is 0. The third kappa shape index (κ3) is 8.26. The Bertz CT molecular complexity index is 603. The van der Waals surface area contributed by atoms with E-state index in [1.54, 1.807) is 0 Å². The van der Waals surface area contributed by atoms with Crippen LogP contribution in [-0.2, 0) is 0 Å². The molecule has 2 aliphatic heterocycles. The summed E-state index contributed by atoms with van der Waals surface area (Å²) in [5.74, 6) is 1.78. The smallest absolute Gasteiger partial charge is 0.191 e. The highest BCUT2D eigenvalue weighted by molar-refractivity contribution is 14.0. The zero-order valence-electron chi connectivity index (χ0n) is 19.0. The Kier molecular flexibility index (Phi) is 12.0. The summed E-state index contributed by atoms with van der Waals surface area (Å²) in [6.45, 7) is 12.4. The third-order valence-electron chi connectivity index (χ3n) is 6.35. The van der Waals surface area contributed by atoms with E-state index in [2.05, 4.69) is 61.8 Å². The van der Waals surface area contributed by atoms with E-state index in [0.717, 1.165) is 38.1 Å². The fourth-order valence-corrected chi connectivity index (χ4v) is 5.16. The van der Waals surface area contributed by atoms with Gasteiger partial charge in [-0.2, -0.15) is 0 Å². The summed E-state index contributed by atoms with van der Waals surface area (Å²) in [6, 6.07) is 4.88. The van der Waals surface area contributed by atoms with Crippen molar-refractivity contribution in [3.63, 3.8) is 0 Å². The van der Waals surface area contributed by atoms with Gasteiger partial charge in [-0.05, 0) is 69.9 Å². The van der Waals surface area contributed by atoms with Crippen LogP contribution in [0.1, 0.15) is 37.1 Å². The minimum absolute atomic E-state index is 0. The quantitative estimate of drug-likeness (QED) is 0.312. The second kappa shape index (κ2) is 13.9. The molecule has 0 bridgehead atoms. The third-order valence-corrected chi connectivity index (χ3v) is 7.32. The summed E-state index contributed by atoms with van der Waals surface area (Å²) in [6.07, 6.45) is 3.88. The lowest BCUT2D eigenvalue weighted by Crippen LogP contribution is -2.46. The lowest BCUT2D eigenvalue weighted by Gasteiger charge is -2.36. The monoisotopic (exact) mass is 548 g/mol. The summed E-state index contributed by atoms with van der Waals surface area (Å²) in [7, 11) is 4.10. The molecule has 8 heteroatoms. The molecule has 3 rings (SSSR count). The number of aliphatic imine (C=N–C) groups is 1. The highest BCUT2D eigenvalue weighted by Crippen LogP contribution is 2.29. The van der Waals surface area contributed by atoms with E-state index >= 15 is 0 Å². The minimum Gasteiger partial charge on any atom is -0.355 e. The fraction of sp³-hybridized carbons (Fsp3) is 0.773. The summed E-state index contributed by atoms with van der Waals surface area (Å²) >= 11 is 1.87. The van der Waals surface area contributed by atoms with Crippen molar-refractivity contribution >= 4 is 41.3 Å². The van der Waals surface area contributed by atoms with E-state index in [9.17, 15) is 0 Å². The van der Waals surface area contributed by atoms with Crippen LogP contribution >= 0.6 is 35.3 Å². The van der Waals surface area contributed by atoms with Crippen LogP contribution in [-0.4, -0.2) is 93.7 Å². The van der Waals surface area contributed by atoms with Gasteiger partial charge in [-0.15, -0.1) is 35.3 Å². The van der Waals surface area contributed by atoms with Gasteiger partial charge in [-0.25, -0.2) is 0 Å². The molecular formula is C22H41IN6S. The number of halogens is 1. The largest absolute Gasteiger partial charge is 0.355 e. The number of nitrogens with zero attached hydrogens (tertiary/aromatic N) is 4. The molecule has 6 nitrogen and oxygen atoms in total.